The highest BCUT2D eigenvalue weighted by atomic mass is 16.5. The van der Waals surface area contributed by atoms with Crippen LogP contribution in [0.1, 0.15) is 5.56 Å². The van der Waals surface area contributed by atoms with E-state index in [1.54, 1.807) is 44.6 Å². The predicted molar refractivity (Wildman–Crippen MR) is 109 cm³/mol. The van der Waals surface area contributed by atoms with Crippen molar-refractivity contribution in [1.82, 2.24) is 0 Å². The number of urea groups is 1. The summed E-state index contributed by atoms with van der Waals surface area (Å²) in [4.78, 5) is 12.2. The van der Waals surface area contributed by atoms with Crippen LogP contribution in [0.25, 0.3) is 0 Å². The van der Waals surface area contributed by atoms with Crippen LogP contribution in [0.15, 0.2) is 72.8 Å². The van der Waals surface area contributed by atoms with Crippen molar-refractivity contribution in [2.45, 2.75) is 6.61 Å². The lowest BCUT2D eigenvalue weighted by Crippen LogP contribution is -2.19. The summed E-state index contributed by atoms with van der Waals surface area (Å²) < 4.78 is 16.2. The Bertz CT molecular complexity index is 912. The predicted octanol–water partition coefficient (Wildman–Crippen LogP) is 4.93. The summed E-state index contributed by atoms with van der Waals surface area (Å²) in [6.07, 6.45) is 0. The van der Waals surface area contributed by atoms with Crippen LogP contribution in [-0.2, 0) is 6.61 Å². The molecule has 144 valence electrons. The third kappa shape index (κ3) is 5.17. The zero-order valence-electron chi connectivity index (χ0n) is 15.8. The van der Waals surface area contributed by atoms with Crippen LogP contribution in [0.5, 0.6) is 17.2 Å². The second-order valence-electron chi connectivity index (χ2n) is 5.95. The molecule has 3 aromatic carbocycles. The molecule has 0 bridgehead atoms. The van der Waals surface area contributed by atoms with Gasteiger partial charge in [0.05, 0.1) is 14.2 Å². The number of anilines is 2. The van der Waals surface area contributed by atoms with Crippen molar-refractivity contribution in [2.24, 2.45) is 0 Å². The molecular formula is C22H22N2O4. The summed E-state index contributed by atoms with van der Waals surface area (Å²) in [5.41, 5.74) is 2.35. The first-order valence-electron chi connectivity index (χ1n) is 8.75. The molecule has 0 unspecified atom stereocenters. The molecule has 6 heteroatoms. The van der Waals surface area contributed by atoms with E-state index in [9.17, 15) is 4.79 Å². The van der Waals surface area contributed by atoms with E-state index in [1.807, 2.05) is 42.5 Å². The standard InChI is InChI=1S/C22H22N2O4/c1-26-20-13-10-18(14-21(20)27-2)24-22(25)23-17-8-11-19(12-9-17)28-15-16-6-4-3-5-7-16/h3-14H,15H2,1-2H3,(H2,23,24,25). The Balaban J connectivity index is 1.54. The molecule has 6 nitrogen and oxygen atoms in total. The van der Waals surface area contributed by atoms with Gasteiger partial charge in [-0.1, -0.05) is 30.3 Å². The van der Waals surface area contributed by atoms with Gasteiger partial charge in [-0.25, -0.2) is 4.79 Å². The van der Waals surface area contributed by atoms with E-state index in [0.717, 1.165) is 11.3 Å². The largest absolute Gasteiger partial charge is 0.493 e. The van der Waals surface area contributed by atoms with Crippen molar-refractivity contribution in [1.29, 1.82) is 0 Å². The second-order valence-corrected chi connectivity index (χ2v) is 5.95. The summed E-state index contributed by atoms with van der Waals surface area (Å²) >= 11 is 0. The van der Waals surface area contributed by atoms with Crippen molar-refractivity contribution in [3.63, 3.8) is 0 Å². The van der Waals surface area contributed by atoms with Crippen molar-refractivity contribution in [2.75, 3.05) is 24.9 Å². The molecule has 0 aliphatic rings. The first kappa shape index (κ1) is 19.1. The number of nitrogens with one attached hydrogen (secondary N) is 2. The number of carbonyl (C=O) groups is 1. The minimum atomic E-state index is -0.356. The molecule has 0 saturated heterocycles. The van der Waals surface area contributed by atoms with Gasteiger partial charge < -0.3 is 24.8 Å². The number of amides is 2. The molecular weight excluding hydrogens is 356 g/mol. The van der Waals surface area contributed by atoms with Crippen LogP contribution in [-0.4, -0.2) is 20.3 Å². The summed E-state index contributed by atoms with van der Waals surface area (Å²) in [6.45, 7) is 0.493. The van der Waals surface area contributed by atoms with Gasteiger partial charge in [-0.2, -0.15) is 0 Å². The van der Waals surface area contributed by atoms with Crippen LogP contribution < -0.4 is 24.8 Å². The first-order valence-corrected chi connectivity index (χ1v) is 8.75. The van der Waals surface area contributed by atoms with Crippen molar-refractivity contribution in [3.05, 3.63) is 78.4 Å². The van der Waals surface area contributed by atoms with Crippen LogP contribution >= 0.6 is 0 Å². The lowest BCUT2D eigenvalue weighted by Gasteiger charge is -2.12. The van der Waals surface area contributed by atoms with Gasteiger partial charge >= 0.3 is 6.03 Å². The van der Waals surface area contributed by atoms with Gasteiger partial charge in [-0.05, 0) is 42.0 Å². The highest BCUT2D eigenvalue weighted by Crippen LogP contribution is 2.29. The lowest BCUT2D eigenvalue weighted by atomic mass is 10.2. The fourth-order valence-corrected chi connectivity index (χ4v) is 2.58. The average Bonchev–Trinajstić information content (AvgIpc) is 2.74. The molecule has 3 aromatic rings. The number of methoxy groups -OCH3 is 2. The third-order valence-electron chi connectivity index (χ3n) is 4.00. The van der Waals surface area contributed by atoms with Crippen molar-refractivity contribution in [3.8, 4) is 17.2 Å². The summed E-state index contributed by atoms with van der Waals surface area (Å²) in [5, 5.41) is 5.54. The van der Waals surface area contributed by atoms with Gasteiger partial charge in [0, 0.05) is 17.4 Å². The molecule has 0 aromatic heterocycles. The maximum atomic E-state index is 12.2. The van der Waals surface area contributed by atoms with E-state index in [2.05, 4.69) is 10.6 Å². The Morgan fingerprint density at radius 2 is 1.43 bits per heavy atom. The monoisotopic (exact) mass is 378 g/mol. The number of ether oxygens (including phenoxy) is 3. The smallest absolute Gasteiger partial charge is 0.323 e. The Hall–Kier alpha value is -3.67. The van der Waals surface area contributed by atoms with Gasteiger partial charge in [-0.3, -0.25) is 0 Å². The average molecular weight is 378 g/mol. The van der Waals surface area contributed by atoms with E-state index in [-0.39, 0.29) is 6.03 Å². The van der Waals surface area contributed by atoms with Gasteiger partial charge in [0.25, 0.3) is 0 Å². The van der Waals surface area contributed by atoms with Gasteiger partial charge in [0.1, 0.15) is 12.4 Å². The summed E-state index contributed by atoms with van der Waals surface area (Å²) in [5.74, 6) is 1.87. The summed E-state index contributed by atoms with van der Waals surface area (Å²) in [7, 11) is 3.11. The lowest BCUT2D eigenvalue weighted by molar-refractivity contribution is 0.262. The van der Waals surface area contributed by atoms with Crippen LogP contribution in [0.4, 0.5) is 16.2 Å². The molecule has 28 heavy (non-hydrogen) atoms. The number of rotatable bonds is 7. The van der Waals surface area contributed by atoms with E-state index < -0.39 is 0 Å². The number of hydrogen-bond donors (Lipinski definition) is 2. The quantitative estimate of drug-likeness (QED) is 0.612. The Kier molecular flexibility index (Phi) is 6.36. The molecule has 0 aliphatic carbocycles. The summed E-state index contributed by atoms with van der Waals surface area (Å²) in [6, 6.07) is 21.9. The van der Waals surface area contributed by atoms with E-state index in [1.165, 1.54) is 0 Å². The third-order valence-corrected chi connectivity index (χ3v) is 4.00. The zero-order chi connectivity index (χ0) is 19.8. The Labute approximate surface area is 164 Å². The Morgan fingerprint density at radius 3 is 2.11 bits per heavy atom. The van der Waals surface area contributed by atoms with Crippen molar-refractivity contribution < 1.29 is 19.0 Å². The van der Waals surface area contributed by atoms with E-state index in [0.29, 0.717) is 29.5 Å². The van der Waals surface area contributed by atoms with Crippen LogP contribution in [0, 0.1) is 0 Å². The molecule has 0 radical (unpaired) electrons. The first-order chi connectivity index (χ1) is 13.7. The topological polar surface area (TPSA) is 68.8 Å². The maximum absolute atomic E-state index is 12.2. The van der Waals surface area contributed by atoms with Gasteiger partial charge in [0.2, 0.25) is 0 Å². The minimum absolute atomic E-state index is 0.356. The number of benzene rings is 3. The van der Waals surface area contributed by atoms with Crippen LogP contribution in [0.2, 0.25) is 0 Å². The van der Waals surface area contributed by atoms with Gasteiger partial charge in [0.15, 0.2) is 11.5 Å². The normalized spacial score (nSPS) is 10.1. The molecule has 0 fully saturated rings. The fourth-order valence-electron chi connectivity index (χ4n) is 2.58. The number of carbonyl (C=O) groups excluding carboxylic acids is 1. The fraction of sp³-hybridized carbons (Fsp3) is 0.136. The molecule has 2 amide bonds. The molecule has 2 N–H and O–H groups in total. The van der Waals surface area contributed by atoms with Crippen LogP contribution in [0.3, 0.4) is 0 Å². The Morgan fingerprint density at radius 1 is 0.786 bits per heavy atom. The maximum Gasteiger partial charge on any atom is 0.323 e. The highest BCUT2D eigenvalue weighted by molar-refractivity contribution is 5.99. The molecule has 0 atom stereocenters. The minimum Gasteiger partial charge on any atom is -0.493 e. The van der Waals surface area contributed by atoms with Gasteiger partial charge in [-0.15, -0.1) is 0 Å². The van der Waals surface area contributed by atoms with E-state index >= 15 is 0 Å². The number of hydrogen-bond acceptors (Lipinski definition) is 4. The molecule has 0 spiro atoms. The van der Waals surface area contributed by atoms with Crippen molar-refractivity contribution >= 4 is 17.4 Å². The molecule has 0 saturated carbocycles. The SMILES string of the molecule is COc1ccc(NC(=O)Nc2ccc(OCc3ccccc3)cc2)cc1OC. The second kappa shape index (κ2) is 9.32. The molecule has 0 heterocycles. The highest BCUT2D eigenvalue weighted by Gasteiger charge is 2.08. The molecule has 3 rings (SSSR count). The van der Waals surface area contributed by atoms with E-state index in [4.69, 9.17) is 14.2 Å². The molecule has 0 aliphatic heterocycles. The zero-order valence-corrected chi connectivity index (χ0v) is 15.8.